The topological polar surface area (TPSA) is 35.5 Å². The quantitative estimate of drug-likeness (QED) is 0.749. The highest BCUT2D eigenvalue weighted by Crippen LogP contribution is 2.16. The van der Waals surface area contributed by atoms with Crippen LogP contribution < -0.4 is 0 Å². The molecule has 0 N–H and O–H groups in total. The summed E-state index contributed by atoms with van der Waals surface area (Å²) in [5, 5.41) is 0. The van der Waals surface area contributed by atoms with E-state index in [4.69, 9.17) is 9.47 Å². The average Bonchev–Trinajstić information content (AvgIpc) is 2.90. The van der Waals surface area contributed by atoms with Crippen molar-refractivity contribution >= 4 is 5.97 Å². The molecule has 0 bridgehead atoms. The van der Waals surface area contributed by atoms with Gasteiger partial charge >= 0.3 is 5.97 Å². The molecule has 1 unspecified atom stereocenters. The van der Waals surface area contributed by atoms with Crippen LogP contribution in [0.3, 0.4) is 0 Å². The fourth-order valence-corrected chi connectivity index (χ4v) is 1.97. The van der Waals surface area contributed by atoms with Crippen molar-refractivity contribution in [1.82, 2.24) is 0 Å². The van der Waals surface area contributed by atoms with Gasteiger partial charge in [0, 0.05) is 6.42 Å². The first-order valence-electron chi connectivity index (χ1n) is 6.36. The monoisotopic (exact) mass is 246 g/mol. The van der Waals surface area contributed by atoms with Crippen LogP contribution in [0.5, 0.6) is 0 Å². The molecular formula is C15H18O3. The second-order valence-corrected chi connectivity index (χ2v) is 4.32. The standard InChI is InChI=1S/C15H18O3/c1-2-17-15(16)13-8-5-12(6-9-13)7-10-14-4-3-11-18-14/h3,5-6,8-9,11,14H,2,4,7,10H2,1H3. The lowest BCUT2D eigenvalue weighted by Crippen LogP contribution is -2.07. The van der Waals surface area contributed by atoms with Gasteiger partial charge < -0.3 is 9.47 Å². The maximum absolute atomic E-state index is 11.5. The first-order valence-corrected chi connectivity index (χ1v) is 6.36. The molecule has 1 aromatic rings. The lowest BCUT2D eigenvalue weighted by molar-refractivity contribution is 0.0526. The fourth-order valence-electron chi connectivity index (χ4n) is 1.97. The summed E-state index contributed by atoms with van der Waals surface area (Å²) in [6.45, 7) is 2.22. The van der Waals surface area contributed by atoms with E-state index in [1.165, 1.54) is 5.56 Å². The van der Waals surface area contributed by atoms with Crippen molar-refractivity contribution in [3.8, 4) is 0 Å². The van der Waals surface area contributed by atoms with E-state index in [-0.39, 0.29) is 5.97 Å². The van der Waals surface area contributed by atoms with Gasteiger partial charge in [-0.25, -0.2) is 4.79 Å². The molecule has 0 amide bonds. The van der Waals surface area contributed by atoms with Crippen LogP contribution in [-0.2, 0) is 15.9 Å². The van der Waals surface area contributed by atoms with Gasteiger partial charge in [-0.3, -0.25) is 0 Å². The van der Waals surface area contributed by atoms with Crippen LogP contribution in [-0.4, -0.2) is 18.7 Å². The van der Waals surface area contributed by atoms with Crippen molar-refractivity contribution < 1.29 is 14.3 Å². The molecule has 1 atom stereocenters. The molecule has 0 radical (unpaired) electrons. The van der Waals surface area contributed by atoms with Gasteiger partial charge in [-0.2, -0.15) is 0 Å². The Bertz CT molecular complexity index is 412. The van der Waals surface area contributed by atoms with Crippen LogP contribution in [0.15, 0.2) is 36.6 Å². The first kappa shape index (κ1) is 12.7. The van der Waals surface area contributed by atoms with Crippen LogP contribution >= 0.6 is 0 Å². The summed E-state index contributed by atoms with van der Waals surface area (Å²) in [6.07, 6.45) is 7.11. The highest BCUT2D eigenvalue weighted by atomic mass is 16.5. The van der Waals surface area contributed by atoms with Gasteiger partial charge in [0.25, 0.3) is 0 Å². The second kappa shape index (κ2) is 6.24. The Morgan fingerprint density at radius 2 is 2.17 bits per heavy atom. The summed E-state index contributed by atoms with van der Waals surface area (Å²) in [6, 6.07) is 7.60. The van der Waals surface area contributed by atoms with Gasteiger partial charge in [0.2, 0.25) is 0 Å². The summed E-state index contributed by atoms with van der Waals surface area (Å²) in [4.78, 5) is 11.5. The SMILES string of the molecule is CCOC(=O)c1ccc(CCC2CC=CO2)cc1. The highest BCUT2D eigenvalue weighted by Gasteiger charge is 2.11. The molecule has 0 saturated carbocycles. The number of hydrogen-bond donors (Lipinski definition) is 0. The fraction of sp³-hybridized carbons (Fsp3) is 0.400. The highest BCUT2D eigenvalue weighted by molar-refractivity contribution is 5.89. The maximum Gasteiger partial charge on any atom is 0.338 e. The van der Waals surface area contributed by atoms with Crippen LogP contribution in [0.1, 0.15) is 35.7 Å². The number of carbonyl (C=O) groups excluding carboxylic acids is 1. The van der Waals surface area contributed by atoms with Gasteiger partial charge in [-0.1, -0.05) is 12.1 Å². The van der Waals surface area contributed by atoms with E-state index in [0.29, 0.717) is 18.3 Å². The van der Waals surface area contributed by atoms with Crippen molar-refractivity contribution in [3.63, 3.8) is 0 Å². The number of ether oxygens (including phenoxy) is 2. The molecule has 0 fully saturated rings. The third kappa shape index (κ3) is 3.36. The second-order valence-electron chi connectivity index (χ2n) is 4.32. The van der Waals surface area contributed by atoms with Crippen LogP contribution in [0, 0.1) is 0 Å². The summed E-state index contributed by atoms with van der Waals surface area (Å²) in [7, 11) is 0. The number of rotatable bonds is 5. The number of hydrogen-bond acceptors (Lipinski definition) is 3. The molecule has 18 heavy (non-hydrogen) atoms. The van der Waals surface area contributed by atoms with Crippen molar-refractivity contribution in [2.75, 3.05) is 6.61 Å². The van der Waals surface area contributed by atoms with Gasteiger partial charge in [0.05, 0.1) is 18.4 Å². The minimum atomic E-state index is -0.257. The molecule has 96 valence electrons. The van der Waals surface area contributed by atoms with E-state index in [0.717, 1.165) is 19.3 Å². The van der Waals surface area contributed by atoms with Crippen molar-refractivity contribution in [2.45, 2.75) is 32.3 Å². The molecule has 1 aromatic carbocycles. The Morgan fingerprint density at radius 3 is 2.78 bits per heavy atom. The number of carbonyl (C=O) groups is 1. The summed E-state index contributed by atoms with van der Waals surface area (Å²) in [5.74, 6) is -0.257. The average molecular weight is 246 g/mol. The number of aryl methyl sites for hydroxylation is 1. The normalized spacial score (nSPS) is 17.5. The third-order valence-corrected chi connectivity index (χ3v) is 2.99. The number of benzene rings is 1. The van der Waals surface area contributed by atoms with E-state index in [9.17, 15) is 4.79 Å². The maximum atomic E-state index is 11.5. The summed E-state index contributed by atoms with van der Waals surface area (Å²) in [5.41, 5.74) is 1.83. The van der Waals surface area contributed by atoms with Crippen LogP contribution in [0.2, 0.25) is 0 Å². The first-order chi connectivity index (χ1) is 8.79. The predicted octanol–water partition coefficient (Wildman–Crippen LogP) is 3.10. The van der Waals surface area contributed by atoms with Gasteiger partial charge in [-0.15, -0.1) is 0 Å². The molecule has 3 heteroatoms. The predicted molar refractivity (Wildman–Crippen MR) is 69.3 cm³/mol. The molecule has 0 spiro atoms. The van der Waals surface area contributed by atoms with Gasteiger partial charge in [0.15, 0.2) is 0 Å². The molecule has 0 aromatic heterocycles. The minimum absolute atomic E-state index is 0.257. The smallest absolute Gasteiger partial charge is 0.338 e. The molecule has 1 heterocycles. The largest absolute Gasteiger partial charge is 0.498 e. The van der Waals surface area contributed by atoms with Crippen molar-refractivity contribution in [1.29, 1.82) is 0 Å². The van der Waals surface area contributed by atoms with E-state index in [1.54, 1.807) is 6.26 Å². The lowest BCUT2D eigenvalue weighted by Gasteiger charge is -2.10. The van der Waals surface area contributed by atoms with Crippen LogP contribution in [0.25, 0.3) is 0 Å². The van der Waals surface area contributed by atoms with E-state index in [2.05, 4.69) is 6.08 Å². The van der Waals surface area contributed by atoms with Crippen molar-refractivity contribution in [2.24, 2.45) is 0 Å². The van der Waals surface area contributed by atoms with E-state index >= 15 is 0 Å². The van der Waals surface area contributed by atoms with Gasteiger partial charge in [0.1, 0.15) is 6.10 Å². The Balaban J connectivity index is 1.85. The molecular weight excluding hydrogens is 228 g/mol. The molecule has 0 saturated heterocycles. The molecule has 3 nitrogen and oxygen atoms in total. The minimum Gasteiger partial charge on any atom is -0.498 e. The molecule has 0 aliphatic carbocycles. The Labute approximate surface area is 107 Å². The lowest BCUT2D eigenvalue weighted by atomic mass is 10.0. The summed E-state index contributed by atoms with van der Waals surface area (Å²) < 4.78 is 10.4. The zero-order valence-electron chi connectivity index (χ0n) is 10.6. The van der Waals surface area contributed by atoms with Gasteiger partial charge in [-0.05, 0) is 43.5 Å². The number of esters is 1. The Morgan fingerprint density at radius 1 is 1.39 bits per heavy atom. The molecule has 2 rings (SSSR count). The van der Waals surface area contributed by atoms with E-state index in [1.807, 2.05) is 31.2 Å². The Kier molecular flexibility index (Phi) is 4.40. The third-order valence-electron chi connectivity index (χ3n) is 2.99. The Hall–Kier alpha value is -1.77. The molecule has 1 aliphatic heterocycles. The summed E-state index contributed by atoms with van der Waals surface area (Å²) >= 11 is 0. The van der Waals surface area contributed by atoms with E-state index < -0.39 is 0 Å². The zero-order valence-corrected chi connectivity index (χ0v) is 10.6. The molecule has 1 aliphatic rings. The van der Waals surface area contributed by atoms with Crippen molar-refractivity contribution in [3.05, 3.63) is 47.7 Å². The zero-order chi connectivity index (χ0) is 12.8. The van der Waals surface area contributed by atoms with Crippen LogP contribution in [0.4, 0.5) is 0 Å².